The number of rotatable bonds is 4. The molecule has 1 aromatic heterocycles. The molecule has 0 saturated carbocycles. The van der Waals surface area contributed by atoms with Crippen LogP contribution in [0.3, 0.4) is 0 Å². The summed E-state index contributed by atoms with van der Waals surface area (Å²) in [5.74, 6) is 0.691. The zero-order valence-electron chi connectivity index (χ0n) is 11.3. The first-order valence-corrected chi connectivity index (χ1v) is 6.41. The highest BCUT2D eigenvalue weighted by molar-refractivity contribution is 6.03. The number of halogens is 1. The quantitative estimate of drug-likeness (QED) is 0.776. The van der Waals surface area contributed by atoms with Gasteiger partial charge in [0, 0.05) is 5.56 Å². The fourth-order valence-corrected chi connectivity index (χ4v) is 1.76. The lowest BCUT2D eigenvalue weighted by Gasteiger charge is -2.06. The van der Waals surface area contributed by atoms with Crippen molar-refractivity contribution in [3.63, 3.8) is 0 Å². The van der Waals surface area contributed by atoms with E-state index in [4.69, 9.17) is 4.74 Å². The number of benzene rings is 2. The summed E-state index contributed by atoms with van der Waals surface area (Å²) in [5, 5.41) is 8.74. The highest BCUT2D eigenvalue weighted by Crippen LogP contribution is 2.22. The van der Waals surface area contributed by atoms with Gasteiger partial charge in [0.25, 0.3) is 5.91 Å². The van der Waals surface area contributed by atoms with Crippen LogP contribution in [-0.2, 0) is 0 Å². The maximum Gasteiger partial charge on any atom is 0.258 e. The van der Waals surface area contributed by atoms with Crippen molar-refractivity contribution in [1.29, 1.82) is 0 Å². The zero-order valence-corrected chi connectivity index (χ0v) is 11.3. The van der Waals surface area contributed by atoms with E-state index in [2.05, 4.69) is 20.5 Å². The van der Waals surface area contributed by atoms with Crippen molar-refractivity contribution < 1.29 is 13.9 Å². The second-order valence-corrected chi connectivity index (χ2v) is 4.37. The van der Waals surface area contributed by atoms with Crippen LogP contribution >= 0.6 is 0 Å². The average molecular weight is 298 g/mol. The van der Waals surface area contributed by atoms with Gasteiger partial charge in [0.1, 0.15) is 23.6 Å². The second-order valence-electron chi connectivity index (χ2n) is 4.37. The molecule has 1 amide bonds. The summed E-state index contributed by atoms with van der Waals surface area (Å²) in [6.45, 7) is 0. The Morgan fingerprint density at radius 3 is 2.27 bits per heavy atom. The number of carbonyl (C=O) groups excluding carboxylic acids is 1. The maximum absolute atomic E-state index is 12.8. The topological polar surface area (TPSA) is 79.9 Å². The van der Waals surface area contributed by atoms with Gasteiger partial charge < -0.3 is 4.74 Å². The molecule has 1 heterocycles. The number of carbonyl (C=O) groups is 1. The Labute approximate surface area is 125 Å². The molecule has 0 atom stereocenters. The molecule has 0 aliphatic rings. The summed E-state index contributed by atoms with van der Waals surface area (Å²) < 4.78 is 18.4. The number of nitrogens with one attached hydrogen (secondary N) is 2. The van der Waals surface area contributed by atoms with E-state index in [-0.39, 0.29) is 17.7 Å². The van der Waals surface area contributed by atoms with Crippen LogP contribution in [0.1, 0.15) is 10.4 Å². The van der Waals surface area contributed by atoms with Crippen molar-refractivity contribution in [2.24, 2.45) is 0 Å². The molecule has 0 bridgehead atoms. The van der Waals surface area contributed by atoms with Crippen LogP contribution < -0.4 is 10.1 Å². The smallest absolute Gasteiger partial charge is 0.258 e. The molecular formula is C15H11FN4O2. The van der Waals surface area contributed by atoms with Gasteiger partial charge in [0.2, 0.25) is 5.95 Å². The van der Waals surface area contributed by atoms with Gasteiger partial charge in [-0.25, -0.2) is 9.49 Å². The highest BCUT2D eigenvalue weighted by atomic mass is 19.1. The number of nitrogens with zero attached hydrogens (tertiary/aromatic N) is 2. The average Bonchev–Trinajstić information content (AvgIpc) is 3.03. The summed E-state index contributed by atoms with van der Waals surface area (Å²) in [6, 6.07) is 12.2. The molecular weight excluding hydrogens is 287 g/mol. The zero-order chi connectivity index (χ0) is 15.4. The molecule has 0 spiro atoms. The Kier molecular flexibility index (Phi) is 3.78. The van der Waals surface area contributed by atoms with Crippen molar-refractivity contribution >= 4 is 11.9 Å². The van der Waals surface area contributed by atoms with Gasteiger partial charge in [0.15, 0.2) is 0 Å². The third kappa shape index (κ3) is 3.26. The number of aromatic nitrogens is 3. The van der Waals surface area contributed by atoms with E-state index in [1.54, 1.807) is 24.3 Å². The van der Waals surface area contributed by atoms with Crippen molar-refractivity contribution in [3.8, 4) is 11.5 Å². The minimum Gasteiger partial charge on any atom is -0.457 e. The molecule has 3 aromatic rings. The lowest BCUT2D eigenvalue weighted by atomic mass is 10.2. The fourth-order valence-electron chi connectivity index (χ4n) is 1.76. The van der Waals surface area contributed by atoms with Gasteiger partial charge >= 0.3 is 0 Å². The van der Waals surface area contributed by atoms with E-state index >= 15 is 0 Å². The van der Waals surface area contributed by atoms with Crippen LogP contribution in [0.25, 0.3) is 0 Å². The lowest BCUT2D eigenvalue weighted by Crippen LogP contribution is -2.12. The van der Waals surface area contributed by atoms with Crippen molar-refractivity contribution in [1.82, 2.24) is 15.2 Å². The first-order chi connectivity index (χ1) is 10.7. The molecule has 6 nitrogen and oxygen atoms in total. The molecule has 0 radical (unpaired) electrons. The van der Waals surface area contributed by atoms with Gasteiger partial charge in [-0.1, -0.05) is 0 Å². The molecule has 0 aliphatic carbocycles. The second kappa shape index (κ2) is 6.04. The molecule has 0 fully saturated rings. The normalized spacial score (nSPS) is 10.2. The Balaban J connectivity index is 1.67. The number of ether oxygens (including phenoxy) is 1. The SMILES string of the molecule is O=C(Nc1ncn[nH]1)c1ccc(Oc2ccc(F)cc2)cc1. The number of amides is 1. The summed E-state index contributed by atoms with van der Waals surface area (Å²) in [7, 11) is 0. The number of aromatic amines is 1. The maximum atomic E-state index is 12.8. The van der Waals surface area contributed by atoms with Crippen LogP contribution in [0, 0.1) is 5.82 Å². The monoisotopic (exact) mass is 298 g/mol. The first kappa shape index (κ1) is 13.7. The van der Waals surface area contributed by atoms with Crippen molar-refractivity contribution in [2.75, 3.05) is 5.32 Å². The van der Waals surface area contributed by atoms with E-state index in [0.29, 0.717) is 17.1 Å². The molecule has 22 heavy (non-hydrogen) atoms. The lowest BCUT2D eigenvalue weighted by molar-refractivity contribution is 0.102. The number of anilines is 1. The van der Waals surface area contributed by atoms with Gasteiger partial charge in [0.05, 0.1) is 0 Å². The van der Waals surface area contributed by atoms with Crippen molar-refractivity contribution in [2.45, 2.75) is 0 Å². The first-order valence-electron chi connectivity index (χ1n) is 6.41. The third-order valence-electron chi connectivity index (χ3n) is 2.81. The van der Waals surface area contributed by atoms with Gasteiger partial charge in [-0.3, -0.25) is 10.1 Å². The van der Waals surface area contributed by atoms with E-state index in [1.807, 2.05) is 0 Å². The van der Waals surface area contributed by atoms with Gasteiger partial charge in [-0.15, -0.1) is 0 Å². The number of hydrogen-bond donors (Lipinski definition) is 2. The molecule has 110 valence electrons. The minimum absolute atomic E-state index is 0.275. The standard InChI is InChI=1S/C15H11FN4O2/c16-11-3-7-13(8-4-11)22-12-5-1-10(2-6-12)14(21)19-15-17-9-18-20-15/h1-9H,(H2,17,18,19,20,21). The van der Waals surface area contributed by atoms with E-state index < -0.39 is 0 Å². The minimum atomic E-state index is -0.327. The van der Waals surface area contributed by atoms with Gasteiger partial charge in [-0.05, 0) is 48.5 Å². The molecule has 7 heteroatoms. The molecule has 3 rings (SSSR count). The summed E-state index contributed by atoms with van der Waals surface area (Å²) in [4.78, 5) is 15.7. The molecule has 2 aromatic carbocycles. The Bertz CT molecular complexity index is 755. The highest BCUT2D eigenvalue weighted by Gasteiger charge is 2.08. The summed E-state index contributed by atoms with van der Waals surface area (Å²) in [5.41, 5.74) is 0.447. The molecule has 0 aliphatic heterocycles. The van der Waals surface area contributed by atoms with Crippen LogP contribution in [0.15, 0.2) is 54.9 Å². The predicted molar refractivity (Wildman–Crippen MR) is 77.3 cm³/mol. The Hall–Kier alpha value is -3.22. The fraction of sp³-hybridized carbons (Fsp3) is 0. The molecule has 2 N–H and O–H groups in total. The predicted octanol–water partition coefficient (Wildman–Crippen LogP) is 2.99. The molecule has 0 saturated heterocycles. The largest absolute Gasteiger partial charge is 0.457 e. The Morgan fingerprint density at radius 2 is 1.68 bits per heavy atom. The van der Waals surface area contributed by atoms with Crippen LogP contribution in [0.4, 0.5) is 10.3 Å². The Morgan fingerprint density at radius 1 is 1.05 bits per heavy atom. The van der Waals surface area contributed by atoms with Gasteiger partial charge in [-0.2, -0.15) is 10.1 Å². The molecule has 0 unspecified atom stereocenters. The van der Waals surface area contributed by atoms with E-state index in [9.17, 15) is 9.18 Å². The number of hydrogen-bond acceptors (Lipinski definition) is 4. The van der Waals surface area contributed by atoms with Crippen LogP contribution in [0.5, 0.6) is 11.5 Å². The van der Waals surface area contributed by atoms with Crippen LogP contribution in [-0.4, -0.2) is 21.1 Å². The third-order valence-corrected chi connectivity index (χ3v) is 2.81. The van der Waals surface area contributed by atoms with Crippen LogP contribution in [0.2, 0.25) is 0 Å². The summed E-state index contributed by atoms with van der Waals surface area (Å²) >= 11 is 0. The van der Waals surface area contributed by atoms with E-state index in [1.165, 1.54) is 30.6 Å². The van der Waals surface area contributed by atoms with E-state index in [0.717, 1.165) is 0 Å². The number of H-pyrrole nitrogens is 1. The summed E-state index contributed by atoms with van der Waals surface area (Å²) in [6.07, 6.45) is 1.30. The van der Waals surface area contributed by atoms with Crippen molar-refractivity contribution in [3.05, 3.63) is 66.2 Å².